The number of nitrogens with zero attached hydrogens (tertiary/aromatic N) is 1. The smallest absolute Gasteiger partial charge is 0.253 e. The summed E-state index contributed by atoms with van der Waals surface area (Å²) in [5, 5.41) is 10.8. The Morgan fingerprint density at radius 2 is 2.00 bits per heavy atom. The monoisotopic (exact) mass is 357 g/mol. The zero-order chi connectivity index (χ0) is 17.4. The fourth-order valence-corrected chi connectivity index (χ4v) is 4.11. The second-order valence-electron chi connectivity index (χ2n) is 7.01. The molecule has 4 nitrogen and oxygen atoms in total. The van der Waals surface area contributed by atoms with Gasteiger partial charge in [0.2, 0.25) is 0 Å². The van der Waals surface area contributed by atoms with E-state index in [-0.39, 0.29) is 23.8 Å². The standard InChI is InChI=1S/C20H20ClNO3/c21-17-7-5-14(6-8-17)19(24)22-10-16-11-25-18-4-2-1-3-15(18)9-20(16,12-22)13-23/h1-8,16,23H,9-13H2/t16-,20-/m0/s1. The van der Waals surface area contributed by atoms with Gasteiger partial charge in [0.25, 0.3) is 5.91 Å². The fraction of sp³-hybridized carbons (Fsp3) is 0.350. The van der Waals surface area contributed by atoms with Gasteiger partial charge < -0.3 is 14.7 Å². The molecule has 0 radical (unpaired) electrons. The van der Waals surface area contributed by atoms with E-state index in [0.717, 1.165) is 17.7 Å². The minimum Gasteiger partial charge on any atom is -0.493 e. The van der Waals surface area contributed by atoms with Gasteiger partial charge in [-0.15, -0.1) is 0 Å². The van der Waals surface area contributed by atoms with Crippen molar-refractivity contribution in [3.8, 4) is 5.75 Å². The first-order valence-corrected chi connectivity index (χ1v) is 8.85. The van der Waals surface area contributed by atoms with Crippen LogP contribution in [-0.4, -0.2) is 42.2 Å². The lowest BCUT2D eigenvalue weighted by atomic mass is 9.75. The van der Waals surface area contributed by atoms with Crippen LogP contribution in [0.1, 0.15) is 15.9 Å². The molecular weight excluding hydrogens is 338 g/mol. The summed E-state index contributed by atoms with van der Waals surface area (Å²) in [4.78, 5) is 14.7. The summed E-state index contributed by atoms with van der Waals surface area (Å²) in [6, 6.07) is 14.9. The molecule has 0 unspecified atom stereocenters. The average molecular weight is 358 g/mol. The lowest BCUT2D eigenvalue weighted by molar-refractivity contribution is 0.0694. The fourth-order valence-electron chi connectivity index (χ4n) is 3.99. The van der Waals surface area contributed by atoms with Crippen LogP contribution in [0, 0.1) is 11.3 Å². The van der Waals surface area contributed by atoms with E-state index >= 15 is 0 Å². The maximum atomic E-state index is 12.9. The molecule has 5 heteroatoms. The van der Waals surface area contributed by atoms with Gasteiger partial charge in [-0.2, -0.15) is 0 Å². The van der Waals surface area contributed by atoms with Gasteiger partial charge in [-0.1, -0.05) is 29.8 Å². The lowest BCUT2D eigenvalue weighted by Gasteiger charge is -2.30. The third-order valence-corrected chi connectivity index (χ3v) is 5.71. The van der Waals surface area contributed by atoms with Crippen molar-refractivity contribution in [3.05, 3.63) is 64.7 Å². The van der Waals surface area contributed by atoms with E-state index in [2.05, 4.69) is 0 Å². The van der Waals surface area contributed by atoms with E-state index in [4.69, 9.17) is 16.3 Å². The van der Waals surface area contributed by atoms with Crippen LogP contribution in [0.15, 0.2) is 48.5 Å². The van der Waals surface area contributed by atoms with Crippen molar-refractivity contribution in [1.82, 2.24) is 4.90 Å². The number of ether oxygens (including phenoxy) is 1. The minimum absolute atomic E-state index is 0.0224. The first-order chi connectivity index (χ1) is 12.1. The first-order valence-electron chi connectivity index (χ1n) is 8.48. The SMILES string of the molecule is O=C(c1ccc(Cl)cc1)N1C[C@H]2COc3ccccc3C[C@@]2(CO)C1. The van der Waals surface area contributed by atoms with Crippen molar-refractivity contribution in [1.29, 1.82) is 0 Å². The number of hydrogen-bond donors (Lipinski definition) is 1. The molecule has 2 atom stereocenters. The maximum absolute atomic E-state index is 12.9. The van der Waals surface area contributed by atoms with Crippen molar-refractivity contribution in [2.45, 2.75) is 6.42 Å². The molecule has 0 saturated carbocycles. The van der Waals surface area contributed by atoms with Gasteiger partial charge in [0.15, 0.2) is 0 Å². The van der Waals surface area contributed by atoms with Crippen molar-refractivity contribution in [3.63, 3.8) is 0 Å². The molecule has 0 aliphatic carbocycles. The van der Waals surface area contributed by atoms with Crippen LogP contribution in [0.25, 0.3) is 0 Å². The number of para-hydroxylation sites is 1. The molecule has 2 aliphatic rings. The van der Waals surface area contributed by atoms with Crippen LogP contribution in [-0.2, 0) is 6.42 Å². The largest absolute Gasteiger partial charge is 0.493 e. The summed E-state index contributed by atoms with van der Waals surface area (Å²) in [5.41, 5.74) is 1.37. The van der Waals surface area contributed by atoms with Crippen molar-refractivity contribution < 1.29 is 14.6 Å². The van der Waals surface area contributed by atoms with Gasteiger partial charge >= 0.3 is 0 Å². The highest BCUT2D eigenvalue weighted by Gasteiger charge is 2.49. The maximum Gasteiger partial charge on any atom is 0.253 e. The Morgan fingerprint density at radius 1 is 1.24 bits per heavy atom. The molecule has 25 heavy (non-hydrogen) atoms. The van der Waals surface area contributed by atoms with Gasteiger partial charge in [-0.05, 0) is 42.3 Å². The normalized spacial score (nSPS) is 24.9. The molecule has 2 aromatic carbocycles. The second kappa shape index (κ2) is 6.36. The van der Waals surface area contributed by atoms with Gasteiger partial charge in [-0.3, -0.25) is 4.79 Å². The Labute approximate surface area is 152 Å². The Balaban J connectivity index is 1.60. The van der Waals surface area contributed by atoms with E-state index in [0.29, 0.717) is 30.3 Å². The predicted octanol–water partition coefficient (Wildman–Crippen LogP) is 3.03. The number of aliphatic hydroxyl groups excluding tert-OH is 1. The topological polar surface area (TPSA) is 49.8 Å². The summed E-state index contributed by atoms with van der Waals surface area (Å²) >= 11 is 5.91. The van der Waals surface area contributed by atoms with E-state index < -0.39 is 0 Å². The van der Waals surface area contributed by atoms with Crippen LogP contribution < -0.4 is 4.74 Å². The highest BCUT2D eigenvalue weighted by Crippen LogP contribution is 2.43. The molecule has 1 fully saturated rings. The van der Waals surface area contributed by atoms with Crippen molar-refractivity contribution in [2.75, 3.05) is 26.3 Å². The predicted molar refractivity (Wildman–Crippen MR) is 96.0 cm³/mol. The number of rotatable bonds is 2. The van der Waals surface area contributed by atoms with Crippen molar-refractivity contribution >= 4 is 17.5 Å². The number of fused-ring (bicyclic) bond motifs is 2. The van der Waals surface area contributed by atoms with Gasteiger partial charge in [0.1, 0.15) is 5.75 Å². The number of aliphatic hydroxyl groups is 1. The summed E-state index contributed by atoms with van der Waals surface area (Å²) < 4.78 is 5.97. The summed E-state index contributed by atoms with van der Waals surface area (Å²) in [6.45, 7) is 1.69. The van der Waals surface area contributed by atoms with E-state index in [1.54, 1.807) is 24.3 Å². The average Bonchev–Trinajstić information content (AvgIpc) is 2.92. The van der Waals surface area contributed by atoms with Gasteiger partial charge in [0.05, 0.1) is 13.2 Å². The van der Waals surface area contributed by atoms with Crippen LogP contribution in [0.2, 0.25) is 5.02 Å². The number of hydrogen-bond acceptors (Lipinski definition) is 3. The molecule has 0 bridgehead atoms. The van der Waals surface area contributed by atoms with Crippen molar-refractivity contribution in [2.24, 2.45) is 11.3 Å². The number of halogens is 1. The molecule has 2 aromatic rings. The Hall–Kier alpha value is -2.04. The van der Waals surface area contributed by atoms with E-state index in [1.165, 1.54) is 0 Å². The quantitative estimate of drug-likeness (QED) is 0.898. The summed E-state index contributed by atoms with van der Waals surface area (Å²) in [7, 11) is 0. The van der Waals surface area contributed by atoms with Gasteiger partial charge in [0, 0.05) is 35.0 Å². The molecule has 4 rings (SSSR count). The second-order valence-corrected chi connectivity index (χ2v) is 7.44. The number of carbonyl (C=O) groups is 1. The number of benzene rings is 2. The lowest BCUT2D eigenvalue weighted by Crippen LogP contribution is -2.38. The minimum atomic E-state index is -0.352. The molecule has 0 spiro atoms. The molecule has 1 saturated heterocycles. The van der Waals surface area contributed by atoms with Crippen LogP contribution in [0.5, 0.6) is 5.75 Å². The third-order valence-electron chi connectivity index (χ3n) is 5.46. The van der Waals surface area contributed by atoms with Crippen LogP contribution in [0.4, 0.5) is 0 Å². The zero-order valence-electron chi connectivity index (χ0n) is 13.8. The zero-order valence-corrected chi connectivity index (χ0v) is 14.6. The number of likely N-dealkylation sites (tertiary alicyclic amines) is 1. The van der Waals surface area contributed by atoms with Gasteiger partial charge in [-0.25, -0.2) is 0 Å². The third kappa shape index (κ3) is 2.90. The summed E-state index contributed by atoms with van der Waals surface area (Å²) in [5.74, 6) is 0.979. The Morgan fingerprint density at radius 3 is 2.76 bits per heavy atom. The molecule has 1 amide bonds. The van der Waals surface area contributed by atoms with Crippen LogP contribution >= 0.6 is 11.6 Å². The molecule has 1 N–H and O–H groups in total. The Bertz CT molecular complexity index is 792. The number of amides is 1. The van der Waals surface area contributed by atoms with Crippen LogP contribution in [0.3, 0.4) is 0 Å². The van der Waals surface area contributed by atoms with E-state index in [9.17, 15) is 9.90 Å². The van der Waals surface area contributed by atoms with E-state index in [1.807, 2.05) is 29.2 Å². The Kier molecular flexibility index (Phi) is 4.18. The molecular formula is C20H20ClNO3. The molecule has 2 heterocycles. The first kappa shape index (κ1) is 16.4. The summed E-state index contributed by atoms with van der Waals surface area (Å²) in [6.07, 6.45) is 0.717. The molecule has 130 valence electrons. The molecule has 2 aliphatic heterocycles. The molecule has 0 aromatic heterocycles. The highest BCUT2D eigenvalue weighted by atomic mass is 35.5. The number of carbonyl (C=O) groups excluding carboxylic acids is 1. The highest BCUT2D eigenvalue weighted by molar-refractivity contribution is 6.30.